The lowest BCUT2D eigenvalue weighted by Crippen LogP contribution is -1.87. The van der Waals surface area contributed by atoms with E-state index >= 15 is 0 Å². The number of halogens is 2. The minimum Gasteiger partial charge on any atom is -0.243 e. The molecule has 56 valence electrons. The Kier molecular flexibility index (Phi) is 2.86. The molecule has 0 unspecified atom stereocenters. The molecule has 0 N–H and O–H groups in total. The summed E-state index contributed by atoms with van der Waals surface area (Å²) in [7, 11) is 0. The summed E-state index contributed by atoms with van der Waals surface area (Å²) >= 11 is 8.86. The SMILES string of the molecule is N#Cc1cnc(Cl)cc1CBr. The highest BCUT2D eigenvalue weighted by Gasteiger charge is 2.00. The summed E-state index contributed by atoms with van der Waals surface area (Å²) in [5.74, 6) is 0. The highest BCUT2D eigenvalue weighted by molar-refractivity contribution is 9.08. The Balaban J connectivity index is 3.19. The molecule has 0 radical (unpaired) electrons. The van der Waals surface area contributed by atoms with Gasteiger partial charge < -0.3 is 0 Å². The van der Waals surface area contributed by atoms with E-state index in [1.165, 1.54) is 6.20 Å². The molecular formula is C7H4BrClN2. The number of nitriles is 1. The predicted molar refractivity (Wildman–Crippen MR) is 46.6 cm³/mol. The van der Waals surface area contributed by atoms with E-state index in [9.17, 15) is 0 Å². The summed E-state index contributed by atoms with van der Waals surface area (Å²) < 4.78 is 0. The smallest absolute Gasteiger partial charge is 0.129 e. The van der Waals surface area contributed by atoms with Crippen LogP contribution in [0, 0.1) is 11.3 Å². The minimum atomic E-state index is 0.415. The Hall–Kier alpha value is -0.590. The van der Waals surface area contributed by atoms with Gasteiger partial charge in [-0.2, -0.15) is 5.26 Å². The van der Waals surface area contributed by atoms with Crippen LogP contribution in [0.2, 0.25) is 5.15 Å². The zero-order valence-electron chi connectivity index (χ0n) is 5.51. The predicted octanol–water partition coefficient (Wildman–Crippen LogP) is 2.50. The fraction of sp³-hybridized carbons (Fsp3) is 0.143. The monoisotopic (exact) mass is 230 g/mol. The molecule has 0 aromatic carbocycles. The van der Waals surface area contributed by atoms with Crippen LogP contribution in [-0.2, 0) is 5.33 Å². The number of hydrogen-bond acceptors (Lipinski definition) is 2. The number of alkyl halides is 1. The van der Waals surface area contributed by atoms with Crippen molar-refractivity contribution >= 4 is 27.5 Å². The third-order valence-corrected chi connectivity index (χ3v) is 2.03. The number of nitrogens with zero attached hydrogens (tertiary/aromatic N) is 2. The van der Waals surface area contributed by atoms with Gasteiger partial charge in [0.05, 0.1) is 5.56 Å². The van der Waals surface area contributed by atoms with E-state index in [1.807, 2.05) is 6.07 Å². The molecule has 11 heavy (non-hydrogen) atoms. The molecule has 0 atom stereocenters. The topological polar surface area (TPSA) is 36.7 Å². The van der Waals surface area contributed by atoms with E-state index in [0.29, 0.717) is 16.0 Å². The molecule has 1 heterocycles. The fourth-order valence-electron chi connectivity index (χ4n) is 0.679. The van der Waals surface area contributed by atoms with Crippen molar-refractivity contribution in [2.24, 2.45) is 0 Å². The summed E-state index contributed by atoms with van der Waals surface area (Å²) in [6, 6.07) is 3.70. The normalized spacial score (nSPS) is 9.18. The Morgan fingerprint density at radius 3 is 3.00 bits per heavy atom. The molecule has 0 fully saturated rings. The van der Waals surface area contributed by atoms with Crippen LogP contribution in [0.1, 0.15) is 11.1 Å². The van der Waals surface area contributed by atoms with Crippen molar-refractivity contribution in [2.45, 2.75) is 5.33 Å². The lowest BCUT2D eigenvalue weighted by atomic mass is 10.2. The van der Waals surface area contributed by atoms with Gasteiger partial charge in [-0.15, -0.1) is 0 Å². The molecule has 0 aliphatic carbocycles. The van der Waals surface area contributed by atoms with Crippen molar-refractivity contribution in [3.8, 4) is 6.07 Å². The lowest BCUT2D eigenvalue weighted by molar-refractivity contribution is 1.25. The Bertz CT molecular complexity index is 306. The summed E-state index contributed by atoms with van der Waals surface area (Å²) in [5.41, 5.74) is 1.43. The summed E-state index contributed by atoms with van der Waals surface area (Å²) in [6.45, 7) is 0. The van der Waals surface area contributed by atoms with E-state index in [2.05, 4.69) is 20.9 Å². The maximum atomic E-state index is 8.59. The van der Waals surface area contributed by atoms with Crippen LogP contribution >= 0.6 is 27.5 Å². The van der Waals surface area contributed by atoms with Crippen LogP contribution in [0.3, 0.4) is 0 Å². The molecule has 1 aromatic rings. The second-order valence-corrected chi connectivity index (χ2v) is 2.86. The molecule has 0 saturated heterocycles. The fourth-order valence-corrected chi connectivity index (χ4v) is 1.32. The van der Waals surface area contributed by atoms with E-state index < -0.39 is 0 Å². The van der Waals surface area contributed by atoms with Gasteiger partial charge >= 0.3 is 0 Å². The zero-order chi connectivity index (χ0) is 8.27. The Morgan fingerprint density at radius 1 is 1.73 bits per heavy atom. The molecule has 0 saturated carbocycles. The van der Waals surface area contributed by atoms with Gasteiger partial charge in [0.25, 0.3) is 0 Å². The van der Waals surface area contributed by atoms with Crippen LogP contribution in [-0.4, -0.2) is 4.98 Å². The lowest BCUT2D eigenvalue weighted by Gasteiger charge is -1.97. The van der Waals surface area contributed by atoms with Gasteiger partial charge in [-0.1, -0.05) is 27.5 Å². The highest BCUT2D eigenvalue weighted by atomic mass is 79.9. The van der Waals surface area contributed by atoms with Crippen molar-refractivity contribution in [1.82, 2.24) is 4.98 Å². The highest BCUT2D eigenvalue weighted by Crippen LogP contribution is 2.14. The number of pyridine rings is 1. The van der Waals surface area contributed by atoms with Crippen LogP contribution < -0.4 is 0 Å². The van der Waals surface area contributed by atoms with Crippen LogP contribution in [0.15, 0.2) is 12.3 Å². The van der Waals surface area contributed by atoms with E-state index in [0.717, 1.165) is 5.56 Å². The second kappa shape index (κ2) is 3.70. The van der Waals surface area contributed by atoms with Crippen molar-refractivity contribution in [1.29, 1.82) is 5.26 Å². The second-order valence-electron chi connectivity index (χ2n) is 1.91. The summed E-state index contributed by atoms with van der Waals surface area (Å²) in [6.07, 6.45) is 1.47. The molecule has 1 rings (SSSR count). The first-order valence-corrected chi connectivity index (χ1v) is 4.38. The summed E-state index contributed by atoms with van der Waals surface area (Å²) in [4.78, 5) is 3.78. The quantitative estimate of drug-likeness (QED) is 0.550. The maximum absolute atomic E-state index is 8.59. The van der Waals surface area contributed by atoms with Crippen molar-refractivity contribution in [3.05, 3.63) is 28.5 Å². The van der Waals surface area contributed by atoms with Crippen molar-refractivity contribution < 1.29 is 0 Å². The van der Waals surface area contributed by atoms with Crippen LogP contribution in [0.5, 0.6) is 0 Å². The molecular weight excluding hydrogens is 227 g/mol. The van der Waals surface area contributed by atoms with Gasteiger partial charge in [0.1, 0.15) is 11.2 Å². The third-order valence-electron chi connectivity index (χ3n) is 1.22. The standard InChI is InChI=1S/C7H4BrClN2/c8-2-5-1-7(9)11-4-6(5)3-10/h1,4H,2H2. The maximum Gasteiger partial charge on any atom is 0.129 e. The van der Waals surface area contributed by atoms with Gasteiger partial charge in [-0.25, -0.2) is 4.98 Å². The molecule has 0 spiro atoms. The van der Waals surface area contributed by atoms with Crippen LogP contribution in [0.25, 0.3) is 0 Å². The average molecular weight is 231 g/mol. The molecule has 0 aliphatic heterocycles. The van der Waals surface area contributed by atoms with E-state index in [-0.39, 0.29) is 0 Å². The number of aromatic nitrogens is 1. The molecule has 1 aromatic heterocycles. The molecule has 0 aliphatic rings. The first-order valence-electron chi connectivity index (χ1n) is 2.88. The molecule has 0 bridgehead atoms. The largest absolute Gasteiger partial charge is 0.243 e. The zero-order valence-corrected chi connectivity index (χ0v) is 7.85. The summed E-state index contributed by atoms with van der Waals surface area (Å²) in [5, 5.41) is 9.62. The minimum absolute atomic E-state index is 0.415. The van der Waals surface area contributed by atoms with Gasteiger partial charge in [0.2, 0.25) is 0 Å². The van der Waals surface area contributed by atoms with Crippen molar-refractivity contribution in [3.63, 3.8) is 0 Å². The molecule has 2 nitrogen and oxygen atoms in total. The van der Waals surface area contributed by atoms with Gasteiger partial charge in [0.15, 0.2) is 0 Å². The van der Waals surface area contributed by atoms with Crippen LogP contribution in [0.4, 0.5) is 0 Å². The number of hydrogen-bond donors (Lipinski definition) is 0. The Labute approximate surface area is 77.9 Å². The number of rotatable bonds is 1. The van der Waals surface area contributed by atoms with E-state index in [1.54, 1.807) is 6.07 Å². The van der Waals surface area contributed by atoms with E-state index in [4.69, 9.17) is 16.9 Å². The Morgan fingerprint density at radius 2 is 2.45 bits per heavy atom. The van der Waals surface area contributed by atoms with Crippen molar-refractivity contribution in [2.75, 3.05) is 0 Å². The first-order chi connectivity index (χ1) is 5.27. The first kappa shape index (κ1) is 8.51. The third kappa shape index (κ3) is 1.92. The molecule has 0 amide bonds. The van der Waals surface area contributed by atoms with Gasteiger partial charge in [-0.3, -0.25) is 0 Å². The van der Waals surface area contributed by atoms with Gasteiger partial charge in [-0.05, 0) is 11.6 Å². The average Bonchev–Trinajstić information content (AvgIpc) is 2.04. The van der Waals surface area contributed by atoms with Gasteiger partial charge in [0, 0.05) is 11.5 Å². The molecule has 4 heteroatoms.